The van der Waals surface area contributed by atoms with Crippen LogP contribution in [0, 0.1) is 11.7 Å². The molecule has 1 aromatic rings. The third kappa shape index (κ3) is 6.02. The highest BCUT2D eigenvalue weighted by Crippen LogP contribution is 2.28. The number of carbonyl (C=O) groups excluding carboxylic acids is 1. The predicted octanol–water partition coefficient (Wildman–Crippen LogP) is 2.44. The van der Waals surface area contributed by atoms with Crippen molar-refractivity contribution >= 4 is 6.03 Å². The number of hydrogen-bond donors (Lipinski definition) is 2. The van der Waals surface area contributed by atoms with Gasteiger partial charge >= 0.3 is 6.03 Å². The molecule has 1 aliphatic carbocycles. The second kappa shape index (κ2) is 7.85. The first-order chi connectivity index (χ1) is 9.74. The van der Waals surface area contributed by atoms with Crippen molar-refractivity contribution in [1.29, 1.82) is 0 Å². The van der Waals surface area contributed by atoms with Gasteiger partial charge in [0.25, 0.3) is 0 Å². The summed E-state index contributed by atoms with van der Waals surface area (Å²) in [5.41, 5.74) is 0.870. The average Bonchev–Trinajstić information content (AvgIpc) is 3.26. The van der Waals surface area contributed by atoms with Crippen LogP contribution in [0.5, 0.6) is 0 Å². The highest BCUT2D eigenvalue weighted by Gasteiger charge is 2.20. The Morgan fingerprint density at radius 2 is 2.00 bits per heavy atom. The van der Waals surface area contributed by atoms with Crippen LogP contribution in [0.4, 0.5) is 9.18 Å². The molecular formula is C15H21FN2O2. The molecule has 2 rings (SSSR count). The van der Waals surface area contributed by atoms with Crippen molar-refractivity contribution < 1.29 is 13.9 Å². The minimum atomic E-state index is -0.274. The topological polar surface area (TPSA) is 50.4 Å². The summed E-state index contributed by atoms with van der Waals surface area (Å²) in [5.74, 6) is 0.506. The summed E-state index contributed by atoms with van der Waals surface area (Å²) in [7, 11) is 0. The zero-order chi connectivity index (χ0) is 14.2. The van der Waals surface area contributed by atoms with Gasteiger partial charge < -0.3 is 15.4 Å². The molecule has 110 valence electrons. The van der Waals surface area contributed by atoms with Crippen molar-refractivity contribution in [2.75, 3.05) is 19.8 Å². The predicted molar refractivity (Wildman–Crippen MR) is 74.8 cm³/mol. The number of halogens is 1. The van der Waals surface area contributed by atoms with Crippen LogP contribution in [-0.2, 0) is 11.3 Å². The second-order valence-corrected chi connectivity index (χ2v) is 5.11. The summed E-state index contributed by atoms with van der Waals surface area (Å²) in [4.78, 5) is 11.5. The second-order valence-electron chi connectivity index (χ2n) is 5.11. The van der Waals surface area contributed by atoms with Crippen LogP contribution in [-0.4, -0.2) is 25.8 Å². The Bertz CT molecular complexity index is 418. The van der Waals surface area contributed by atoms with E-state index in [0.29, 0.717) is 19.7 Å². The van der Waals surface area contributed by atoms with E-state index < -0.39 is 0 Å². The van der Waals surface area contributed by atoms with Crippen LogP contribution in [0.3, 0.4) is 0 Å². The van der Waals surface area contributed by atoms with Crippen LogP contribution in [0.15, 0.2) is 24.3 Å². The monoisotopic (exact) mass is 280 g/mol. The summed E-state index contributed by atoms with van der Waals surface area (Å²) in [6.07, 6.45) is 3.41. The summed E-state index contributed by atoms with van der Waals surface area (Å²) in [6.45, 7) is 2.54. The maximum atomic E-state index is 12.7. The van der Waals surface area contributed by atoms with E-state index in [2.05, 4.69) is 10.6 Å². The number of amides is 2. The fourth-order valence-corrected chi connectivity index (χ4v) is 1.76. The Morgan fingerprint density at radius 3 is 2.70 bits per heavy atom. The highest BCUT2D eigenvalue weighted by molar-refractivity contribution is 5.73. The molecule has 4 nitrogen and oxygen atoms in total. The maximum absolute atomic E-state index is 12.7. The molecule has 0 radical (unpaired) electrons. The normalized spacial score (nSPS) is 14.1. The SMILES string of the molecule is O=C(NCCCOCC1CC1)NCc1ccc(F)cc1. The van der Waals surface area contributed by atoms with Gasteiger partial charge in [0.1, 0.15) is 5.82 Å². The average molecular weight is 280 g/mol. The quantitative estimate of drug-likeness (QED) is 0.719. The Hall–Kier alpha value is -1.62. The number of hydrogen-bond acceptors (Lipinski definition) is 2. The van der Waals surface area contributed by atoms with Gasteiger partial charge in [0, 0.05) is 26.3 Å². The summed E-state index contributed by atoms with van der Waals surface area (Å²) >= 11 is 0. The number of carbonyl (C=O) groups is 1. The van der Waals surface area contributed by atoms with Crippen LogP contribution in [0.1, 0.15) is 24.8 Å². The van der Waals surface area contributed by atoms with Crippen molar-refractivity contribution in [3.8, 4) is 0 Å². The maximum Gasteiger partial charge on any atom is 0.315 e. The Labute approximate surface area is 118 Å². The van der Waals surface area contributed by atoms with Gasteiger partial charge in [0.2, 0.25) is 0 Å². The van der Waals surface area contributed by atoms with Crippen LogP contribution >= 0.6 is 0 Å². The first-order valence-corrected chi connectivity index (χ1v) is 7.08. The van der Waals surface area contributed by atoms with Crippen LogP contribution in [0.25, 0.3) is 0 Å². The van der Waals surface area contributed by atoms with E-state index in [4.69, 9.17) is 4.74 Å². The van der Waals surface area contributed by atoms with Gasteiger partial charge in [0.05, 0.1) is 0 Å². The van der Waals surface area contributed by atoms with E-state index in [0.717, 1.165) is 24.5 Å². The fraction of sp³-hybridized carbons (Fsp3) is 0.533. The molecule has 2 N–H and O–H groups in total. The standard InChI is InChI=1S/C15H21FN2O2/c16-14-6-4-12(5-7-14)10-18-15(19)17-8-1-9-20-11-13-2-3-13/h4-7,13H,1-3,8-11H2,(H2,17,18,19). The molecule has 0 heterocycles. The van der Waals surface area contributed by atoms with Crippen molar-refractivity contribution in [1.82, 2.24) is 10.6 Å². The Kier molecular flexibility index (Phi) is 5.80. The molecule has 0 unspecified atom stereocenters. The number of urea groups is 1. The van der Waals surface area contributed by atoms with Crippen molar-refractivity contribution in [3.63, 3.8) is 0 Å². The molecule has 0 spiro atoms. The number of nitrogens with one attached hydrogen (secondary N) is 2. The zero-order valence-corrected chi connectivity index (χ0v) is 11.5. The molecule has 0 atom stereocenters. The van der Waals surface area contributed by atoms with E-state index in [-0.39, 0.29) is 11.8 Å². The van der Waals surface area contributed by atoms with Gasteiger partial charge in [-0.3, -0.25) is 0 Å². The summed E-state index contributed by atoms with van der Waals surface area (Å²) in [6, 6.07) is 5.86. The van der Waals surface area contributed by atoms with Gasteiger partial charge in [-0.2, -0.15) is 0 Å². The molecule has 0 saturated heterocycles. The minimum Gasteiger partial charge on any atom is -0.381 e. The Morgan fingerprint density at radius 1 is 1.25 bits per heavy atom. The third-order valence-corrected chi connectivity index (χ3v) is 3.17. The van der Waals surface area contributed by atoms with E-state index in [1.807, 2.05) is 0 Å². The lowest BCUT2D eigenvalue weighted by molar-refractivity contribution is 0.122. The number of benzene rings is 1. The molecule has 5 heteroatoms. The summed E-state index contributed by atoms with van der Waals surface area (Å²) < 4.78 is 18.2. The molecule has 20 heavy (non-hydrogen) atoms. The van der Waals surface area contributed by atoms with Gasteiger partial charge in [-0.25, -0.2) is 9.18 Å². The van der Waals surface area contributed by atoms with Gasteiger partial charge in [-0.05, 0) is 42.9 Å². The molecule has 1 aromatic carbocycles. The molecule has 0 aromatic heterocycles. The first-order valence-electron chi connectivity index (χ1n) is 7.08. The largest absolute Gasteiger partial charge is 0.381 e. The fourth-order valence-electron chi connectivity index (χ4n) is 1.76. The zero-order valence-electron chi connectivity index (χ0n) is 11.5. The number of rotatable bonds is 8. The van der Waals surface area contributed by atoms with E-state index in [1.165, 1.54) is 25.0 Å². The summed E-state index contributed by atoms with van der Waals surface area (Å²) in [5, 5.41) is 5.49. The first kappa shape index (κ1) is 14.8. The van der Waals surface area contributed by atoms with Gasteiger partial charge in [0.15, 0.2) is 0 Å². The highest BCUT2D eigenvalue weighted by atomic mass is 19.1. The lowest BCUT2D eigenvalue weighted by Gasteiger charge is -2.08. The number of ether oxygens (including phenoxy) is 1. The van der Waals surface area contributed by atoms with Crippen molar-refractivity contribution in [3.05, 3.63) is 35.6 Å². The molecule has 1 aliphatic rings. The van der Waals surface area contributed by atoms with E-state index >= 15 is 0 Å². The molecule has 0 bridgehead atoms. The Balaban J connectivity index is 1.48. The lowest BCUT2D eigenvalue weighted by Crippen LogP contribution is -2.35. The van der Waals surface area contributed by atoms with Crippen LogP contribution < -0.4 is 10.6 Å². The molecule has 1 fully saturated rings. The lowest BCUT2D eigenvalue weighted by atomic mass is 10.2. The minimum absolute atomic E-state index is 0.212. The molecule has 2 amide bonds. The van der Waals surface area contributed by atoms with Crippen LogP contribution in [0.2, 0.25) is 0 Å². The van der Waals surface area contributed by atoms with Crippen molar-refractivity contribution in [2.45, 2.75) is 25.8 Å². The van der Waals surface area contributed by atoms with Gasteiger partial charge in [-0.1, -0.05) is 12.1 Å². The third-order valence-electron chi connectivity index (χ3n) is 3.17. The van der Waals surface area contributed by atoms with E-state index in [9.17, 15) is 9.18 Å². The molecule has 1 saturated carbocycles. The molecule has 0 aliphatic heterocycles. The van der Waals surface area contributed by atoms with Crippen molar-refractivity contribution in [2.24, 2.45) is 5.92 Å². The van der Waals surface area contributed by atoms with E-state index in [1.54, 1.807) is 12.1 Å². The van der Waals surface area contributed by atoms with Gasteiger partial charge in [-0.15, -0.1) is 0 Å². The smallest absolute Gasteiger partial charge is 0.315 e. The molecular weight excluding hydrogens is 259 g/mol.